The third kappa shape index (κ3) is 4.22. The Hall–Kier alpha value is -2.71. The highest BCUT2D eigenvalue weighted by atomic mass is 32.2. The van der Waals surface area contributed by atoms with Crippen LogP contribution < -0.4 is 0 Å². The van der Waals surface area contributed by atoms with Crippen molar-refractivity contribution < 1.29 is 22.3 Å². The van der Waals surface area contributed by atoms with Crippen LogP contribution in [0.1, 0.15) is 35.0 Å². The molecule has 1 aliphatic rings. The van der Waals surface area contributed by atoms with Crippen molar-refractivity contribution in [2.24, 2.45) is 0 Å². The van der Waals surface area contributed by atoms with Crippen molar-refractivity contribution in [3.63, 3.8) is 0 Å². The van der Waals surface area contributed by atoms with Crippen molar-refractivity contribution in [3.05, 3.63) is 65.4 Å². The minimum absolute atomic E-state index is 0.0421. The number of esters is 1. The summed E-state index contributed by atoms with van der Waals surface area (Å²) >= 11 is 0. The largest absolute Gasteiger partial charge is 0.461 e. The minimum atomic E-state index is -4.02. The lowest BCUT2D eigenvalue weighted by atomic mass is 10.1. The zero-order valence-electron chi connectivity index (χ0n) is 17.5. The summed E-state index contributed by atoms with van der Waals surface area (Å²) < 4.78 is 46.6. The summed E-state index contributed by atoms with van der Waals surface area (Å²) in [5.41, 5.74) is 2.22. The first kappa shape index (κ1) is 21.5. The van der Waals surface area contributed by atoms with Gasteiger partial charge in [-0.2, -0.15) is 0 Å². The molecule has 0 bridgehead atoms. The Morgan fingerprint density at radius 1 is 1.16 bits per heavy atom. The van der Waals surface area contributed by atoms with Gasteiger partial charge in [0, 0.05) is 25.0 Å². The van der Waals surface area contributed by atoms with E-state index in [2.05, 4.69) is 0 Å². The van der Waals surface area contributed by atoms with Crippen LogP contribution in [0.25, 0.3) is 10.9 Å². The topological polar surface area (TPSA) is 68.6 Å². The molecule has 1 saturated heterocycles. The van der Waals surface area contributed by atoms with Gasteiger partial charge in [-0.15, -0.1) is 0 Å². The number of nitrogens with zero attached hydrogens (tertiary/aromatic N) is 2. The normalized spacial score (nSPS) is 17.3. The number of carbonyl (C=O) groups excluding carboxylic acids is 1. The molecule has 1 fully saturated rings. The molecule has 0 N–H and O–H groups in total. The summed E-state index contributed by atoms with van der Waals surface area (Å²) in [6, 6.07) is 13.4. The smallest absolute Gasteiger partial charge is 0.356 e. The van der Waals surface area contributed by atoms with Crippen LogP contribution in [0, 0.1) is 6.92 Å². The van der Waals surface area contributed by atoms with Gasteiger partial charge in [-0.25, -0.2) is 21.6 Å². The van der Waals surface area contributed by atoms with E-state index in [0.717, 1.165) is 15.1 Å². The number of aromatic nitrogens is 1. The number of aryl methyl sites for hydroxylation is 1. The van der Waals surface area contributed by atoms with Crippen LogP contribution in [0.15, 0.2) is 53.4 Å². The lowest BCUT2D eigenvalue weighted by Crippen LogP contribution is -2.20. The average molecular weight is 445 g/mol. The molecule has 0 aliphatic carbocycles. The quantitative estimate of drug-likeness (QED) is 0.540. The molecule has 2 aromatic carbocycles. The molecule has 31 heavy (non-hydrogen) atoms. The Labute approximate surface area is 181 Å². The fourth-order valence-corrected chi connectivity index (χ4v) is 5.45. The number of hydrogen-bond acceptors (Lipinski definition) is 5. The van der Waals surface area contributed by atoms with Crippen molar-refractivity contribution in [1.82, 2.24) is 8.87 Å². The van der Waals surface area contributed by atoms with Gasteiger partial charge in [0.05, 0.1) is 17.0 Å². The first-order valence-corrected chi connectivity index (χ1v) is 11.7. The third-order valence-corrected chi connectivity index (χ3v) is 7.23. The molecule has 3 aromatic rings. The molecule has 1 aromatic heterocycles. The summed E-state index contributed by atoms with van der Waals surface area (Å²) in [6.07, 6.45) is -0.277. The van der Waals surface area contributed by atoms with Gasteiger partial charge in [-0.1, -0.05) is 23.8 Å². The Kier molecular flexibility index (Phi) is 5.85. The first-order valence-electron chi connectivity index (χ1n) is 10.3. The van der Waals surface area contributed by atoms with Crippen LogP contribution in [-0.2, 0) is 21.3 Å². The molecular weight excluding hydrogens is 419 g/mol. The zero-order valence-corrected chi connectivity index (χ0v) is 18.4. The number of alkyl halides is 1. The molecule has 1 atom stereocenters. The monoisotopic (exact) mass is 444 g/mol. The number of ether oxygens (including phenoxy) is 1. The fraction of sp³-hybridized carbons (Fsp3) is 0.348. The SMILES string of the molecule is CCOC(=O)c1cc2cc(CN3CCC(F)C3)ccc2n1S(=O)(=O)c1ccc(C)cc1. The Morgan fingerprint density at radius 3 is 2.55 bits per heavy atom. The third-order valence-electron chi connectivity index (χ3n) is 5.49. The maximum absolute atomic E-state index is 13.5. The highest BCUT2D eigenvalue weighted by Gasteiger charge is 2.28. The molecule has 164 valence electrons. The molecule has 1 unspecified atom stereocenters. The molecule has 4 rings (SSSR count). The second kappa shape index (κ2) is 8.43. The van der Waals surface area contributed by atoms with Gasteiger partial charge in [0.25, 0.3) is 10.0 Å². The minimum Gasteiger partial charge on any atom is -0.461 e. The number of hydrogen-bond donors (Lipinski definition) is 0. The summed E-state index contributed by atoms with van der Waals surface area (Å²) in [5.74, 6) is -0.698. The number of likely N-dealkylation sites (tertiary alicyclic amines) is 1. The van der Waals surface area contributed by atoms with Gasteiger partial charge < -0.3 is 4.74 Å². The number of rotatable bonds is 6. The maximum Gasteiger partial charge on any atom is 0.356 e. The van der Waals surface area contributed by atoms with Crippen molar-refractivity contribution in [1.29, 1.82) is 0 Å². The predicted octanol–water partition coefficient (Wildman–Crippen LogP) is 3.91. The zero-order chi connectivity index (χ0) is 22.2. The van der Waals surface area contributed by atoms with Crippen LogP contribution in [0.5, 0.6) is 0 Å². The summed E-state index contributed by atoms with van der Waals surface area (Å²) in [6.45, 7) is 5.34. The van der Waals surface area contributed by atoms with Gasteiger partial charge in [0.1, 0.15) is 11.9 Å². The van der Waals surface area contributed by atoms with Crippen molar-refractivity contribution in [3.8, 4) is 0 Å². The van der Waals surface area contributed by atoms with Crippen LogP contribution in [0.3, 0.4) is 0 Å². The summed E-state index contributed by atoms with van der Waals surface area (Å²) in [4.78, 5) is 14.7. The highest BCUT2D eigenvalue weighted by molar-refractivity contribution is 7.90. The van der Waals surface area contributed by atoms with E-state index in [9.17, 15) is 17.6 Å². The van der Waals surface area contributed by atoms with Crippen LogP contribution in [-0.4, -0.2) is 49.1 Å². The molecular formula is C23H25FN2O4S. The van der Waals surface area contributed by atoms with Crippen molar-refractivity contribution in [2.75, 3.05) is 19.7 Å². The molecule has 0 saturated carbocycles. The molecule has 0 amide bonds. The van der Waals surface area contributed by atoms with Crippen molar-refractivity contribution in [2.45, 2.75) is 37.9 Å². The van der Waals surface area contributed by atoms with Gasteiger partial charge in [0.2, 0.25) is 0 Å². The van der Waals surface area contributed by atoms with Crippen LogP contribution >= 0.6 is 0 Å². The van der Waals surface area contributed by atoms with Crippen LogP contribution in [0.2, 0.25) is 0 Å². The summed E-state index contributed by atoms with van der Waals surface area (Å²) in [7, 11) is -4.02. The lowest BCUT2D eigenvalue weighted by Gasteiger charge is -2.15. The number of halogens is 1. The van der Waals surface area contributed by atoms with E-state index in [1.165, 1.54) is 12.1 Å². The van der Waals surface area contributed by atoms with E-state index in [1.807, 2.05) is 24.0 Å². The van der Waals surface area contributed by atoms with E-state index >= 15 is 0 Å². The standard InChI is InChI=1S/C23H25FN2O4S/c1-3-30-23(27)22-13-18-12-17(14-25-11-10-19(24)15-25)6-9-21(18)26(22)31(28,29)20-7-4-16(2)5-8-20/h4-9,12-13,19H,3,10-11,14-15H2,1-2H3. The van der Waals surface area contributed by atoms with Crippen LogP contribution in [0.4, 0.5) is 4.39 Å². The second-order valence-corrected chi connectivity index (χ2v) is 9.63. The Balaban J connectivity index is 1.81. The molecule has 2 heterocycles. The summed E-state index contributed by atoms with van der Waals surface area (Å²) in [5, 5.41) is 0.618. The maximum atomic E-state index is 13.5. The first-order chi connectivity index (χ1) is 14.8. The van der Waals surface area contributed by atoms with Gasteiger partial charge in [-0.05, 0) is 56.2 Å². The molecule has 6 nitrogen and oxygen atoms in total. The van der Waals surface area contributed by atoms with Gasteiger partial charge in [0.15, 0.2) is 0 Å². The van der Waals surface area contributed by atoms with E-state index in [1.54, 1.807) is 31.2 Å². The van der Waals surface area contributed by atoms with Gasteiger partial charge in [-0.3, -0.25) is 4.90 Å². The number of benzene rings is 2. The second-order valence-electron chi connectivity index (χ2n) is 7.85. The van der Waals surface area contributed by atoms with Crippen molar-refractivity contribution >= 4 is 26.9 Å². The molecule has 8 heteroatoms. The van der Waals surface area contributed by atoms with E-state index in [0.29, 0.717) is 37.0 Å². The highest BCUT2D eigenvalue weighted by Crippen LogP contribution is 2.28. The van der Waals surface area contributed by atoms with Gasteiger partial charge >= 0.3 is 5.97 Å². The molecule has 0 radical (unpaired) electrons. The predicted molar refractivity (Wildman–Crippen MR) is 116 cm³/mol. The number of fused-ring (bicyclic) bond motifs is 1. The van der Waals surface area contributed by atoms with E-state index in [-0.39, 0.29) is 17.2 Å². The van der Waals surface area contributed by atoms with E-state index < -0.39 is 22.2 Å². The average Bonchev–Trinajstić information content (AvgIpc) is 3.32. The number of carbonyl (C=O) groups is 1. The Morgan fingerprint density at radius 2 is 1.90 bits per heavy atom. The molecule has 0 spiro atoms. The van der Waals surface area contributed by atoms with E-state index in [4.69, 9.17) is 4.74 Å². The molecule has 1 aliphatic heterocycles. The Bertz CT molecular complexity index is 1220. The fourth-order valence-electron chi connectivity index (χ4n) is 3.95. The lowest BCUT2D eigenvalue weighted by molar-refractivity contribution is 0.0518.